The summed E-state index contributed by atoms with van der Waals surface area (Å²) in [5.74, 6) is -0.378. The molecule has 8 nitrogen and oxygen atoms in total. The third kappa shape index (κ3) is 4.34. The Morgan fingerprint density at radius 3 is 2.77 bits per heavy atom. The van der Waals surface area contributed by atoms with Gasteiger partial charge in [0.05, 0.1) is 15.0 Å². The van der Waals surface area contributed by atoms with Gasteiger partial charge in [0.2, 0.25) is 5.95 Å². The minimum Gasteiger partial charge on any atom is -0.351 e. The van der Waals surface area contributed by atoms with Gasteiger partial charge >= 0.3 is 6.18 Å². The largest absolute Gasteiger partial charge is 0.434 e. The highest BCUT2D eigenvalue weighted by atomic mass is 79.9. The lowest BCUT2D eigenvalue weighted by Crippen LogP contribution is -2.42. The van der Waals surface area contributed by atoms with Crippen molar-refractivity contribution in [2.75, 3.05) is 5.32 Å². The number of carbonyl (C=O) groups excluding carboxylic acids is 1. The molecule has 4 rings (SSSR count). The number of benzene rings is 1. The Balaban J connectivity index is 1.47. The molecule has 1 saturated carbocycles. The number of hydrogen-bond acceptors (Lipinski definition) is 6. The Morgan fingerprint density at radius 1 is 1.29 bits per heavy atom. The van der Waals surface area contributed by atoms with Crippen LogP contribution in [0.1, 0.15) is 47.3 Å². The second kappa shape index (κ2) is 8.06. The predicted molar refractivity (Wildman–Crippen MR) is 107 cm³/mol. The SMILES string of the molecule is O=C1c2cc([N+](=O)[O-])ccc2CN1[C@H]1CCC[C@@H](Nc2ncc(Br)c(C(F)(F)F)n2)C1. The number of nitro groups is 1. The summed E-state index contributed by atoms with van der Waals surface area (Å²) in [6.07, 6.45) is -0.809. The van der Waals surface area contributed by atoms with Gasteiger partial charge < -0.3 is 10.2 Å². The zero-order valence-electron chi connectivity index (χ0n) is 16.0. The van der Waals surface area contributed by atoms with E-state index in [1.165, 1.54) is 12.1 Å². The van der Waals surface area contributed by atoms with Gasteiger partial charge in [0, 0.05) is 37.0 Å². The average Bonchev–Trinajstić information content (AvgIpc) is 3.05. The maximum Gasteiger partial charge on any atom is 0.434 e. The van der Waals surface area contributed by atoms with Crippen LogP contribution in [0.3, 0.4) is 0 Å². The third-order valence-corrected chi connectivity index (χ3v) is 6.15. The molecule has 1 fully saturated rings. The number of rotatable bonds is 4. The number of hydrogen-bond donors (Lipinski definition) is 1. The number of alkyl halides is 3. The molecule has 0 radical (unpaired) electrons. The van der Waals surface area contributed by atoms with Gasteiger partial charge in [0.15, 0.2) is 5.69 Å². The second-order valence-electron chi connectivity index (χ2n) is 7.58. The molecule has 1 aliphatic heterocycles. The molecule has 2 heterocycles. The van der Waals surface area contributed by atoms with E-state index in [0.717, 1.165) is 24.6 Å². The van der Waals surface area contributed by atoms with E-state index in [2.05, 4.69) is 31.2 Å². The van der Waals surface area contributed by atoms with E-state index in [0.29, 0.717) is 24.9 Å². The van der Waals surface area contributed by atoms with Crippen molar-refractivity contribution in [3.05, 3.63) is 55.8 Å². The molecule has 2 aromatic rings. The highest BCUT2D eigenvalue weighted by Gasteiger charge is 2.38. The predicted octanol–water partition coefficient (Wildman–Crippen LogP) is 4.55. The quantitative estimate of drug-likeness (QED) is 0.489. The minimum atomic E-state index is -4.61. The summed E-state index contributed by atoms with van der Waals surface area (Å²) in [6, 6.07) is 3.93. The van der Waals surface area contributed by atoms with E-state index in [1.807, 2.05) is 0 Å². The van der Waals surface area contributed by atoms with Crippen LogP contribution in [-0.4, -0.2) is 37.8 Å². The number of amides is 1. The molecule has 2 atom stereocenters. The fourth-order valence-electron chi connectivity index (χ4n) is 4.12. The number of halogens is 4. The van der Waals surface area contributed by atoms with Crippen LogP contribution in [0.2, 0.25) is 0 Å². The molecule has 1 amide bonds. The van der Waals surface area contributed by atoms with E-state index in [4.69, 9.17) is 0 Å². The first kappa shape index (κ1) is 21.5. The molecule has 2 aliphatic rings. The third-order valence-electron chi connectivity index (χ3n) is 5.57. The number of aromatic nitrogens is 2. The lowest BCUT2D eigenvalue weighted by atomic mass is 9.90. The number of nitro benzene ring substituents is 1. The van der Waals surface area contributed by atoms with Gasteiger partial charge in [0.1, 0.15) is 0 Å². The Bertz CT molecular complexity index is 1050. The minimum absolute atomic E-state index is 0.118. The molecule has 1 aliphatic carbocycles. The zero-order valence-corrected chi connectivity index (χ0v) is 17.6. The standard InChI is InChI=1S/C19H17BrF3N5O3/c20-15-8-24-18(26-16(15)19(21,22)23)25-11-2-1-3-12(6-11)27-9-10-4-5-13(28(30)31)7-14(10)17(27)29/h4-5,7-8,11-12H,1-3,6,9H2,(H,24,25,26)/t11-,12+/m1/s1. The van der Waals surface area contributed by atoms with Gasteiger partial charge in [-0.05, 0) is 53.2 Å². The molecule has 12 heteroatoms. The molecule has 0 bridgehead atoms. The molecule has 1 aromatic heterocycles. The smallest absolute Gasteiger partial charge is 0.351 e. The summed E-state index contributed by atoms with van der Waals surface area (Å²) in [4.78, 5) is 32.5. The van der Waals surface area contributed by atoms with Crippen LogP contribution in [0, 0.1) is 10.1 Å². The lowest BCUT2D eigenvalue weighted by Gasteiger charge is -2.35. The number of nitrogens with zero attached hydrogens (tertiary/aromatic N) is 4. The molecule has 164 valence electrons. The van der Waals surface area contributed by atoms with Crippen molar-refractivity contribution in [2.24, 2.45) is 0 Å². The normalized spacial score (nSPS) is 21.2. The van der Waals surface area contributed by atoms with Crippen LogP contribution in [-0.2, 0) is 12.7 Å². The molecule has 1 aromatic carbocycles. The van der Waals surface area contributed by atoms with Crippen LogP contribution < -0.4 is 5.32 Å². The van der Waals surface area contributed by atoms with Crippen LogP contribution in [0.15, 0.2) is 28.9 Å². The van der Waals surface area contributed by atoms with Crippen molar-refractivity contribution in [3.63, 3.8) is 0 Å². The van der Waals surface area contributed by atoms with Crippen molar-refractivity contribution in [1.82, 2.24) is 14.9 Å². The van der Waals surface area contributed by atoms with Crippen LogP contribution in [0.25, 0.3) is 0 Å². The van der Waals surface area contributed by atoms with Gasteiger partial charge in [-0.3, -0.25) is 14.9 Å². The average molecular weight is 500 g/mol. The van der Waals surface area contributed by atoms with Crippen molar-refractivity contribution < 1.29 is 22.9 Å². The van der Waals surface area contributed by atoms with E-state index in [1.54, 1.807) is 11.0 Å². The molecular weight excluding hydrogens is 483 g/mol. The van der Waals surface area contributed by atoms with Gasteiger partial charge in [-0.1, -0.05) is 0 Å². The first-order valence-corrected chi connectivity index (χ1v) is 10.4. The second-order valence-corrected chi connectivity index (χ2v) is 8.44. The Hall–Kier alpha value is -2.76. The Labute approximate surface area is 183 Å². The first-order valence-electron chi connectivity index (χ1n) is 9.58. The Morgan fingerprint density at radius 2 is 2.06 bits per heavy atom. The molecule has 31 heavy (non-hydrogen) atoms. The summed E-state index contributed by atoms with van der Waals surface area (Å²) in [5.41, 5.74) is -0.124. The fraction of sp³-hybridized carbons (Fsp3) is 0.421. The molecule has 0 saturated heterocycles. The highest BCUT2D eigenvalue weighted by molar-refractivity contribution is 9.10. The van der Waals surface area contributed by atoms with Gasteiger partial charge in [-0.25, -0.2) is 9.97 Å². The summed E-state index contributed by atoms with van der Waals surface area (Å²) in [6.45, 7) is 0.358. The number of fused-ring (bicyclic) bond motifs is 1. The van der Waals surface area contributed by atoms with Crippen molar-refractivity contribution >= 4 is 33.5 Å². The zero-order chi connectivity index (χ0) is 22.3. The Kier molecular flexibility index (Phi) is 5.58. The molecule has 0 unspecified atom stereocenters. The van der Waals surface area contributed by atoms with E-state index in [9.17, 15) is 28.1 Å². The fourth-order valence-corrected chi connectivity index (χ4v) is 4.53. The van der Waals surface area contributed by atoms with Crippen molar-refractivity contribution in [1.29, 1.82) is 0 Å². The van der Waals surface area contributed by atoms with Gasteiger partial charge in [-0.2, -0.15) is 13.2 Å². The van der Waals surface area contributed by atoms with E-state index >= 15 is 0 Å². The van der Waals surface area contributed by atoms with E-state index < -0.39 is 16.8 Å². The molecular formula is C19H17BrF3N5O3. The van der Waals surface area contributed by atoms with Crippen LogP contribution in [0.4, 0.5) is 24.8 Å². The summed E-state index contributed by atoms with van der Waals surface area (Å²) < 4.78 is 39.0. The van der Waals surface area contributed by atoms with Crippen LogP contribution in [0.5, 0.6) is 0 Å². The van der Waals surface area contributed by atoms with Gasteiger partial charge in [-0.15, -0.1) is 0 Å². The van der Waals surface area contributed by atoms with Crippen molar-refractivity contribution in [3.8, 4) is 0 Å². The number of non-ortho nitro benzene ring substituents is 1. The maximum absolute atomic E-state index is 13.1. The number of anilines is 1. The highest BCUT2D eigenvalue weighted by Crippen LogP contribution is 2.35. The molecule has 1 N–H and O–H groups in total. The number of carbonyl (C=O) groups is 1. The van der Waals surface area contributed by atoms with Crippen molar-refractivity contribution in [2.45, 2.75) is 50.5 Å². The van der Waals surface area contributed by atoms with E-state index in [-0.39, 0.29) is 34.1 Å². The summed E-state index contributed by atoms with van der Waals surface area (Å²) in [7, 11) is 0. The number of nitrogens with one attached hydrogen (secondary N) is 1. The lowest BCUT2D eigenvalue weighted by molar-refractivity contribution is -0.384. The first-order chi connectivity index (χ1) is 14.6. The molecule has 0 spiro atoms. The monoisotopic (exact) mass is 499 g/mol. The summed E-state index contributed by atoms with van der Waals surface area (Å²) in [5, 5.41) is 14.0. The summed E-state index contributed by atoms with van der Waals surface area (Å²) >= 11 is 2.82. The van der Waals surface area contributed by atoms with Crippen LogP contribution >= 0.6 is 15.9 Å². The topological polar surface area (TPSA) is 101 Å². The maximum atomic E-state index is 13.1. The van der Waals surface area contributed by atoms with Gasteiger partial charge in [0.25, 0.3) is 11.6 Å².